The van der Waals surface area contributed by atoms with E-state index < -0.39 is 5.97 Å². The topological polar surface area (TPSA) is 66.4 Å². The fourth-order valence-electron chi connectivity index (χ4n) is 4.84. The molecule has 1 aliphatic carbocycles. The molecule has 2 aromatic rings. The van der Waals surface area contributed by atoms with Crippen molar-refractivity contribution in [2.24, 2.45) is 5.92 Å². The van der Waals surface area contributed by atoms with Crippen molar-refractivity contribution in [1.29, 1.82) is 0 Å². The van der Waals surface area contributed by atoms with Crippen LogP contribution in [0.25, 0.3) is 0 Å². The van der Waals surface area contributed by atoms with Crippen molar-refractivity contribution in [2.45, 2.75) is 97.4 Å². The van der Waals surface area contributed by atoms with Gasteiger partial charge in [0.15, 0.2) is 5.78 Å². The predicted octanol–water partition coefficient (Wildman–Crippen LogP) is 7.14. The first-order valence-corrected chi connectivity index (χ1v) is 13.4. The monoisotopic (exact) mass is 483 g/mol. The van der Waals surface area contributed by atoms with Gasteiger partial charge in [-0.15, -0.1) is 11.3 Å². The number of benzene rings is 1. The average Bonchev–Trinajstić information content (AvgIpc) is 3.41. The van der Waals surface area contributed by atoms with E-state index in [1.54, 1.807) is 11.3 Å². The third-order valence-electron chi connectivity index (χ3n) is 6.82. The molecule has 1 fully saturated rings. The normalized spacial score (nSPS) is 16.5. The highest BCUT2D eigenvalue weighted by Gasteiger charge is 2.30. The van der Waals surface area contributed by atoms with Crippen molar-refractivity contribution in [3.05, 3.63) is 56.3 Å². The lowest BCUT2D eigenvalue weighted by atomic mass is 9.85. The minimum atomic E-state index is -0.774. The number of carboxylic acids is 1. The summed E-state index contributed by atoms with van der Waals surface area (Å²) in [6.45, 7) is 14.5. The number of fused-ring (bicyclic) bond motifs is 1. The second-order valence-electron chi connectivity index (χ2n) is 11.8. The Morgan fingerprint density at radius 2 is 1.74 bits per heavy atom. The van der Waals surface area contributed by atoms with E-state index in [1.807, 2.05) is 12.1 Å². The van der Waals surface area contributed by atoms with Crippen molar-refractivity contribution in [3.8, 4) is 0 Å². The molecule has 34 heavy (non-hydrogen) atoms. The van der Waals surface area contributed by atoms with Gasteiger partial charge >= 0.3 is 5.97 Å². The summed E-state index contributed by atoms with van der Waals surface area (Å²) in [4.78, 5) is 25.9. The summed E-state index contributed by atoms with van der Waals surface area (Å²) in [6, 6.07) is 8.18. The summed E-state index contributed by atoms with van der Waals surface area (Å²) in [7, 11) is 0. The minimum Gasteiger partial charge on any atom is -0.478 e. The summed E-state index contributed by atoms with van der Waals surface area (Å²) in [6.07, 6.45) is 6.67. The SMILES string of the molecule is CC(C)(C)c1cccc(C(=O)CC2CCCC2)c1.CC(C)(C)c1sc2c(c1C(=O)O)CCNC2. The molecule has 1 aromatic carbocycles. The van der Waals surface area contributed by atoms with E-state index >= 15 is 0 Å². The van der Waals surface area contributed by atoms with Gasteiger partial charge in [0.25, 0.3) is 0 Å². The number of hydrogen-bond acceptors (Lipinski definition) is 4. The first-order chi connectivity index (χ1) is 15.9. The van der Waals surface area contributed by atoms with Gasteiger partial charge in [-0.05, 0) is 46.9 Å². The zero-order valence-electron chi connectivity index (χ0n) is 21.7. The van der Waals surface area contributed by atoms with Crippen LogP contribution in [0.5, 0.6) is 0 Å². The van der Waals surface area contributed by atoms with Crippen molar-refractivity contribution in [1.82, 2.24) is 5.32 Å². The molecule has 1 aliphatic heterocycles. The number of carbonyl (C=O) groups is 2. The van der Waals surface area contributed by atoms with Crippen LogP contribution >= 0.6 is 11.3 Å². The highest BCUT2D eigenvalue weighted by atomic mass is 32.1. The smallest absolute Gasteiger partial charge is 0.337 e. The Kier molecular flexibility index (Phi) is 8.41. The third-order valence-corrected chi connectivity index (χ3v) is 8.48. The summed E-state index contributed by atoms with van der Waals surface area (Å²) in [5.41, 5.74) is 3.80. The van der Waals surface area contributed by atoms with Crippen LogP contribution < -0.4 is 5.32 Å². The summed E-state index contributed by atoms with van der Waals surface area (Å²) < 4.78 is 0. The van der Waals surface area contributed by atoms with Gasteiger partial charge in [0.2, 0.25) is 0 Å². The van der Waals surface area contributed by atoms with Gasteiger partial charge in [0.05, 0.1) is 5.56 Å². The Morgan fingerprint density at radius 3 is 2.32 bits per heavy atom. The molecule has 2 heterocycles. The van der Waals surface area contributed by atoms with E-state index in [-0.39, 0.29) is 10.8 Å². The Morgan fingerprint density at radius 1 is 1.06 bits per heavy atom. The fourth-order valence-corrected chi connectivity index (χ4v) is 6.21. The van der Waals surface area contributed by atoms with Gasteiger partial charge in [-0.1, -0.05) is 85.4 Å². The van der Waals surface area contributed by atoms with E-state index in [1.165, 1.54) is 36.1 Å². The van der Waals surface area contributed by atoms with Gasteiger partial charge in [-0.2, -0.15) is 0 Å². The molecule has 5 heteroatoms. The largest absolute Gasteiger partial charge is 0.478 e. The fraction of sp³-hybridized carbons (Fsp3) is 0.586. The maximum absolute atomic E-state index is 12.3. The molecule has 0 unspecified atom stereocenters. The first-order valence-electron chi connectivity index (χ1n) is 12.6. The number of nitrogens with one attached hydrogen (secondary N) is 1. The van der Waals surface area contributed by atoms with Crippen molar-refractivity contribution in [3.63, 3.8) is 0 Å². The van der Waals surface area contributed by atoms with Gasteiger partial charge in [0, 0.05) is 28.3 Å². The van der Waals surface area contributed by atoms with Crippen LogP contribution in [-0.4, -0.2) is 23.4 Å². The maximum Gasteiger partial charge on any atom is 0.337 e. The molecule has 4 nitrogen and oxygen atoms in total. The zero-order valence-corrected chi connectivity index (χ0v) is 22.5. The molecule has 186 valence electrons. The van der Waals surface area contributed by atoms with Gasteiger partial charge in [-0.3, -0.25) is 4.79 Å². The van der Waals surface area contributed by atoms with Gasteiger partial charge in [-0.25, -0.2) is 4.79 Å². The van der Waals surface area contributed by atoms with E-state index in [2.05, 4.69) is 59.0 Å². The molecule has 2 N–H and O–H groups in total. The van der Waals surface area contributed by atoms with Crippen LogP contribution in [0.2, 0.25) is 0 Å². The Balaban J connectivity index is 0.000000192. The Labute approximate surface area is 209 Å². The average molecular weight is 484 g/mol. The van der Waals surface area contributed by atoms with Crippen molar-refractivity contribution in [2.75, 3.05) is 6.54 Å². The predicted molar refractivity (Wildman–Crippen MR) is 141 cm³/mol. The standard InChI is InChI=1S/C17H24O.C12H17NO2S/c1-17(2,3)15-10-6-9-14(12-15)16(18)11-13-7-4-5-8-13;1-12(2,3)10-9(11(14)15)7-4-5-13-6-8(7)16-10/h6,9-10,12-13H,4-5,7-8,11H2,1-3H3;13H,4-6H2,1-3H3,(H,14,15). The van der Waals surface area contributed by atoms with Crippen LogP contribution in [0.3, 0.4) is 0 Å². The number of ketones is 1. The third kappa shape index (κ3) is 6.57. The molecule has 0 bridgehead atoms. The number of carbonyl (C=O) groups excluding carboxylic acids is 1. The molecule has 0 radical (unpaired) electrons. The van der Waals surface area contributed by atoms with E-state index in [0.717, 1.165) is 41.9 Å². The molecule has 1 aromatic heterocycles. The molecule has 2 aliphatic rings. The summed E-state index contributed by atoms with van der Waals surface area (Å²) in [5, 5.41) is 12.6. The van der Waals surface area contributed by atoms with E-state index in [9.17, 15) is 14.7 Å². The number of hydrogen-bond donors (Lipinski definition) is 2. The van der Waals surface area contributed by atoms with E-state index in [4.69, 9.17) is 0 Å². The number of rotatable bonds is 4. The maximum atomic E-state index is 12.3. The lowest BCUT2D eigenvalue weighted by molar-refractivity contribution is 0.0693. The molecule has 0 saturated heterocycles. The van der Waals surface area contributed by atoms with Crippen molar-refractivity contribution >= 4 is 23.1 Å². The molecule has 0 spiro atoms. The molecule has 1 saturated carbocycles. The molecule has 0 amide bonds. The molecular weight excluding hydrogens is 442 g/mol. The second kappa shape index (κ2) is 10.7. The number of aromatic carboxylic acids is 1. The summed E-state index contributed by atoms with van der Waals surface area (Å²) >= 11 is 1.65. The van der Waals surface area contributed by atoms with Crippen LogP contribution in [0, 0.1) is 5.92 Å². The zero-order chi connectivity index (χ0) is 25.1. The highest BCUT2D eigenvalue weighted by Crippen LogP contribution is 2.38. The Hall–Kier alpha value is -1.98. The molecule has 4 rings (SSSR count). The molecular formula is C29H41NO3S. The quantitative estimate of drug-likeness (QED) is 0.454. The van der Waals surface area contributed by atoms with Crippen LogP contribution in [0.4, 0.5) is 0 Å². The van der Waals surface area contributed by atoms with E-state index in [0.29, 0.717) is 17.3 Å². The van der Waals surface area contributed by atoms with Gasteiger partial charge < -0.3 is 10.4 Å². The summed E-state index contributed by atoms with van der Waals surface area (Å²) in [5.74, 6) is 0.188. The highest BCUT2D eigenvalue weighted by molar-refractivity contribution is 7.12. The van der Waals surface area contributed by atoms with Crippen LogP contribution in [-0.2, 0) is 23.8 Å². The van der Waals surface area contributed by atoms with Crippen LogP contribution in [0.1, 0.15) is 115 Å². The number of Topliss-reactive ketones (excluding diaryl/α,β-unsaturated/α-hetero) is 1. The van der Waals surface area contributed by atoms with Gasteiger partial charge in [0.1, 0.15) is 0 Å². The van der Waals surface area contributed by atoms with Crippen molar-refractivity contribution < 1.29 is 14.7 Å². The number of thiophene rings is 1. The van der Waals surface area contributed by atoms with Crippen LogP contribution in [0.15, 0.2) is 24.3 Å². The Bertz CT molecular complexity index is 1020. The molecule has 0 atom stereocenters. The lowest BCUT2D eigenvalue weighted by Gasteiger charge is -2.19. The second-order valence-corrected chi connectivity index (χ2v) is 12.9. The number of carboxylic acid groups (broad SMARTS) is 1. The lowest BCUT2D eigenvalue weighted by Crippen LogP contribution is -2.23. The first kappa shape index (κ1) is 26.6. The minimum absolute atomic E-state index is 0.0876.